The Labute approximate surface area is 59.7 Å². The zero-order valence-electron chi connectivity index (χ0n) is 5.57. The zero-order valence-corrected chi connectivity index (χ0v) is 6.47. The van der Waals surface area contributed by atoms with Gasteiger partial charge in [0.2, 0.25) is 4.91 Å². The smallest absolute Gasteiger partial charge is 0.170 e. The van der Waals surface area contributed by atoms with Crippen LogP contribution in [0.4, 0.5) is 0 Å². The topological polar surface area (TPSA) is 38.8 Å². The van der Waals surface area contributed by atoms with Crippen LogP contribution in [-0.2, 0) is 0 Å². The van der Waals surface area contributed by atoms with Crippen molar-refractivity contribution >= 4 is 12.6 Å². The molecule has 0 spiro atoms. The Morgan fingerprint density at radius 2 is 2.33 bits per heavy atom. The predicted molar refractivity (Wildman–Crippen MR) is 38.7 cm³/mol. The lowest BCUT2D eigenvalue weighted by Crippen LogP contribution is -2.29. The maximum Gasteiger partial charge on any atom is 0.217 e. The summed E-state index contributed by atoms with van der Waals surface area (Å²) in [6.07, 6.45) is 0. The number of rotatable bonds is 1. The van der Waals surface area contributed by atoms with Crippen LogP contribution in [0.25, 0.3) is 0 Å². The van der Waals surface area contributed by atoms with Gasteiger partial charge in [0.05, 0.1) is 0 Å². The summed E-state index contributed by atoms with van der Waals surface area (Å²) >= 11 is 4.34. The van der Waals surface area contributed by atoms with Gasteiger partial charge in [-0.05, 0) is 13.8 Å². The fourth-order valence-corrected chi connectivity index (χ4v) is 0.747. The molecule has 0 fully saturated rings. The summed E-state index contributed by atoms with van der Waals surface area (Å²) in [7, 11) is 0. The van der Waals surface area contributed by atoms with Crippen molar-refractivity contribution in [3.05, 3.63) is 0 Å². The Hall–Kier alpha value is -0.340. The maximum atomic E-state index is 4.34. The molecule has 1 atom stereocenters. The Balaban J connectivity index is 2.57. The molecule has 0 N–H and O–H groups in total. The molecule has 1 aliphatic heterocycles. The van der Waals surface area contributed by atoms with Crippen LogP contribution in [0.1, 0.15) is 13.8 Å². The first-order chi connectivity index (χ1) is 4.11. The van der Waals surface area contributed by atoms with E-state index in [2.05, 4.69) is 27.8 Å². The van der Waals surface area contributed by atoms with Crippen LogP contribution in [0.5, 0.6) is 0 Å². The molecule has 1 aliphatic rings. The monoisotopic (exact) mass is 144 g/mol. The average molecular weight is 144 g/mol. The summed E-state index contributed by atoms with van der Waals surface area (Å²) in [4.78, 5) is 3.53. The molecule has 1 rings (SSSR count). The van der Waals surface area contributed by atoms with Crippen LogP contribution >= 0.6 is 12.6 Å². The van der Waals surface area contributed by atoms with Gasteiger partial charge in [0, 0.05) is 4.75 Å². The third-order valence-electron chi connectivity index (χ3n) is 1.32. The average Bonchev–Trinajstić information content (AvgIpc) is 2.08. The minimum Gasteiger partial charge on any atom is -0.170 e. The van der Waals surface area contributed by atoms with E-state index in [1.54, 1.807) is 0 Å². The zero-order chi connectivity index (χ0) is 6.91. The van der Waals surface area contributed by atoms with Gasteiger partial charge in [-0.3, -0.25) is 0 Å². The van der Waals surface area contributed by atoms with Gasteiger partial charge in [0.25, 0.3) is 0 Å². The molecule has 3 nitrogen and oxygen atoms in total. The highest BCUT2D eigenvalue weighted by molar-refractivity contribution is 7.81. The molecule has 1 heterocycles. The molecule has 0 aromatic rings. The van der Waals surface area contributed by atoms with Crippen molar-refractivity contribution in [1.29, 1.82) is 0 Å². The van der Waals surface area contributed by atoms with Crippen LogP contribution in [0, 0.1) is 0 Å². The van der Waals surface area contributed by atoms with Gasteiger partial charge in [-0.2, -0.15) is 12.6 Å². The fraction of sp³-hybridized carbons (Fsp3) is 1.00. The van der Waals surface area contributed by atoms with Crippen molar-refractivity contribution in [3.8, 4) is 0 Å². The van der Waals surface area contributed by atoms with E-state index in [-0.39, 0.29) is 10.8 Å². The van der Waals surface area contributed by atoms with Crippen molar-refractivity contribution in [3.63, 3.8) is 0 Å². The third kappa shape index (κ3) is 1.53. The summed E-state index contributed by atoms with van der Waals surface area (Å²) in [5, 5.41) is 7.63. The van der Waals surface area contributed by atoms with E-state index in [0.29, 0.717) is 6.54 Å². The van der Waals surface area contributed by atoms with Crippen molar-refractivity contribution in [1.82, 2.24) is 4.91 Å². The van der Waals surface area contributed by atoms with Crippen LogP contribution in [0.15, 0.2) is 10.2 Å². The first kappa shape index (κ1) is 6.78. The van der Waals surface area contributed by atoms with Gasteiger partial charge in [-0.15, -0.1) is 0 Å². The summed E-state index contributed by atoms with van der Waals surface area (Å²) in [5.41, 5.74) is 0. The normalized spacial score (nSPS) is 25.4. The summed E-state index contributed by atoms with van der Waals surface area (Å²) < 4.78 is -0.0799. The first-order valence-electron chi connectivity index (χ1n) is 2.89. The van der Waals surface area contributed by atoms with Crippen LogP contribution in [0.2, 0.25) is 0 Å². The lowest BCUT2D eigenvalue weighted by atomic mass is 10.1. The highest BCUT2D eigenvalue weighted by atomic mass is 32.1. The molecular weight excluding hydrogens is 134 g/mol. The second-order valence-corrected chi connectivity index (χ2v) is 3.85. The number of hydrogen-bond acceptors (Lipinski definition) is 3. The molecule has 0 saturated heterocycles. The van der Waals surface area contributed by atoms with E-state index in [4.69, 9.17) is 0 Å². The molecule has 0 aliphatic carbocycles. The first-order valence-corrected chi connectivity index (χ1v) is 3.34. The van der Waals surface area contributed by atoms with E-state index in [1.807, 2.05) is 13.8 Å². The minimum atomic E-state index is -0.0799. The van der Waals surface area contributed by atoms with E-state index >= 15 is 0 Å². The fourth-order valence-electron chi connectivity index (χ4n) is 0.614. The van der Waals surface area contributed by atoms with E-state index < -0.39 is 0 Å². The van der Waals surface area contributed by atoms with E-state index in [1.165, 1.54) is 0 Å². The second-order valence-electron chi connectivity index (χ2n) is 2.70. The highest BCUT2D eigenvalue weighted by Gasteiger charge is 2.33. The molecule has 1 unspecified atom stereocenters. The van der Waals surface area contributed by atoms with Crippen molar-refractivity contribution in [2.24, 2.45) is 10.2 Å². The Morgan fingerprint density at radius 1 is 1.67 bits per heavy atom. The van der Waals surface area contributed by atoms with Gasteiger partial charge in [0.15, 0.2) is 12.6 Å². The Kier molecular flexibility index (Phi) is 1.60. The highest BCUT2D eigenvalue weighted by Crippen LogP contribution is 2.21. The molecule has 0 bridgehead atoms. The van der Waals surface area contributed by atoms with Gasteiger partial charge in [0.1, 0.15) is 10.2 Å². The molecule has 9 heavy (non-hydrogen) atoms. The van der Waals surface area contributed by atoms with Crippen LogP contribution < -0.4 is 4.91 Å². The summed E-state index contributed by atoms with van der Waals surface area (Å²) in [6, 6.07) is 0.167. The van der Waals surface area contributed by atoms with Crippen LogP contribution in [0.3, 0.4) is 0 Å². The number of hydrogen-bond donors (Lipinski definition) is 1. The van der Waals surface area contributed by atoms with Crippen LogP contribution in [-0.4, -0.2) is 17.3 Å². The lowest BCUT2D eigenvalue weighted by Gasteiger charge is -2.15. The SMILES string of the molecule is CC(C)(S)C1CN=[N+]=N1. The summed E-state index contributed by atoms with van der Waals surface area (Å²) in [6.45, 7) is 4.72. The molecule has 50 valence electrons. The second kappa shape index (κ2) is 2.12. The predicted octanol–water partition coefficient (Wildman–Crippen LogP) is 1.05. The largest absolute Gasteiger partial charge is 0.217 e. The Bertz CT molecular complexity index is 164. The van der Waals surface area contributed by atoms with Gasteiger partial charge >= 0.3 is 0 Å². The van der Waals surface area contributed by atoms with Crippen molar-refractivity contribution in [2.45, 2.75) is 24.6 Å². The number of nitrogens with zero attached hydrogens (tertiary/aromatic N) is 3. The summed E-state index contributed by atoms with van der Waals surface area (Å²) in [5.74, 6) is 0. The Morgan fingerprint density at radius 3 is 2.56 bits per heavy atom. The third-order valence-corrected chi connectivity index (χ3v) is 1.62. The lowest BCUT2D eigenvalue weighted by molar-refractivity contribution is 0.564. The van der Waals surface area contributed by atoms with E-state index in [9.17, 15) is 0 Å². The molecule has 0 aromatic heterocycles. The molecule has 0 radical (unpaired) electrons. The van der Waals surface area contributed by atoms with Gasteiger partial charge in [-0.1, -0.05) is 0 Å². The molecule has 0 saturated carbocycles. The van der Waals surface area contributed by atoms with Gasteiger partial charge in [-0.25, -0.2) is 0 Å². The van der Waals surface area contributed by atoms with Crippen molar-refractivity contribution < 1.29 is 0 Å². The standard InChI is InChI=1S/C5H9N3S/c1-5(2,9)4-3-6-8-7-4/h4H,3H2,1-2H3/p+1. The molecule has 4 heteroatoms. The van der Waals surface area contributed by atoms with E-state index in [0.717, 1.165) is 0 Å². The molecule has 0 aromatic carbocycles. The maximum absolute atomic E-state index is 4.34. The van der Waals surface area contributed by atoms with Gasteiger partial charge < -0.3 is 0 Å². The quantitative estimate of drug-likeness (QED) is 0.422. The number of thiol groups is 1. The minimum absolute atomic E-state index is 0.0799. The van der Waals surface area contributed by atoms with Crippen molar-refractivity contribution in [2.75, 3.05) is 6.54 Å². The molecular formula is C5H10N3S+. The molecule has 0 amide bonds.